The summed E-state index contributed by atoms with van der Waals surface area (Å²) < 4.78 is 6.18. The van der Waals surface area contributed by atoms with Gasteiger partial charge in [-0.05, 0) is 42.9 Å². The van der Waals surface area contributed by atoms with Gasteiger partial charge in [0.15, 0.2) is 5.90 Å². The molecule has 2 aromatic carbocycles. The lowest BCUT2D eigenvalue weighted by Gasteiger charge is -2.29. The zero-order chi connectivity index (χ0) is 18.6. The van der Waals surface area contributed by atoms with E-state index in [-0.39, 0.29) is 0 Å². The first kappa shape index (κ1) is 18.7. The van der Waals surface area contributed by atoms with E-state index in [9.17, 15) is 0 Å². The third-order valence-electron chi connectivity index (χ3n) is 6.19. The summed E-state index contributed by atoms with van der Waals surface area (Å²) in [6.07, 6.45) is 4.94. The Morgan fingerprint density at radius 1 is 1.00 bits per heavy atom. The van der Waals surface area contributed by atoms with Gasteiger partial charge in [0.1, 0.15) is 6.61 Å². The first-order valence-corrected chi connectivity index (χ1v) is 11.8. The molecule has 1 aliphatic carbocycles. The fourth-order valence-electron chi connectivity index (χ4n) is 4.42. The molecular weight excluding hydrogens is 349 g/mol. The van der Waals surface area contributed by atoms with E-state index in [0.717, 1.165) is 12.5 Å². The Labute approximate surface area is 164 Å². The van der Waals surface area contributed by atoms with Gasteiger partial charge < -0.3 is 4.74 Å². The lowest BCUT2D eigenvalue weighted by molar-refractivity contribution is 0.269. The van der Waals surface area contributed by atoms with Crippen molar-refractivity contribution in [3.8, 4) is 0 Å². The number of nitrogens with zero attached hydrogens (tertiary/aromatic N) is 1. The SMILES string of the molecule is CCC(C)[C@H]1COC(C2CCC[C@H]2P(c2ccccc2)c2ccccc2)=N1. The van der Waals surface area contributed by atoms with Crippen LogP contribution in [0.25, 0.3) is 0 Å². The molecule has 142 valence electrons. The Morgan fingerprint density at radius 3 is 2.22 bits per heavy atom. The standard InChI is InChI=1S/C24H30NOP/c1-3-18(2)22-17-26-24(25-22)21-15-10-16-23(21)27(19-11-6-4-7-12-19)20-13-8-5-9-14-20/h4-9,11-14,18,21-23H,3,10,15-17H2,1-2H3/t18?,21?,22-,23-/m1/s1. The van der Waals surface area contributed by atoms with E-state index in [1.165, 1.54) is 36.3 Å². The van der Waals surface area contributed by atoms with Crippen molar-refractivity contribution in [2.75, 3.05) is 6.61 Å². The highest BCUT2D eigenvalue weighted by molar-refractivity contribution is 7.73. The number of ether oxygens (including phenoxy) is 1. The van der Waals surface area contributed by atoms with Crippen LogP contribution in [0.3, 0.4) is 0 Å². The first-order valence-electron chi connectivity index (χ1n) is 10.4. The van der Waals surface area contributed by atoms with Crippen molar-refractivity contribution < 1.29 is 4.74 Å². The Bertz CT molecular complexity index is 721. The Hall–Kier alpha value is -1.66. The predicted molar refractivity (Wildman–Crippen MR) is 117 cm³/mol. The molecule has 4 rings (SSSR count). The van der Waals surface area contributed by atoms with Gasteiger partial charge >= 0.3 is 0 Å². The number of rotatable bonds is 6. The fourth-order valence-corrected chi connectivity index (χ4v) is 7.55. The molecule has 0 amide bonds. The molecule has 0 N–H and O–H groups in total. The number of aliphatic imine (C=N–C) groups is 1. The van der Waals surface area contributed by atoms with E-state index < -0.39 is 7.92 Å². The Morgan fingerprint density at radius 2 is 1.63 bits per heavy atom. The molecule has 2 unspecified atom stereocenters. The Kier molecular flexibility index (Phi) is 5.93. The average Bonchev–Trinajstić information content (AvgIpc) is 3.39. The molecule has 27 heavy (non-hydrogen) atoms. The van der Waals surface area contributed by atoms with Gasteiger partial charge in [-0.2, -0.15) is 0 Å². The van der Waals surface area contributed by atoms with Crippen LogP contribution in [0.5, 0.6) is 0 Å². The molecule has 3 heteroatoms. The lowest BCUT2D eigenvalue weighted by atomic mass is 10.0. The molecule has 2 aromatic rings. The van der Waals surface area contributed by atoms with E-state index in [0.29, 0.717) is 23.5 Å². The molecule has 4 atom stereocenters. The van der Waals surface area contributed by atoms with Crippen LogP contribution in [0.15, 0.2) is 65.7 Å². The van der Waals surface area contributed by atoms with Crippen LogP contribution in [0.2, 0.25) is 0 Å². The lowest BCUT2D eigenvalue weighted by Crippen LogP contribution is -2.29. The molecular formula is C24H30NOP. The molecule has 1 heterocycles. The Balaban J connectivity index is 1.66. The van der Waals surface area contributed by atoms with Crippen LogP contribution in [0.4, 0.5) is 0 Å². The second-order valence-corrected chi connectivity index (χ2v) is 10.3. The van der Waals surface area contributed by atoms with Crippen LogP contribution in [-0.2, 0) is 4.74 Å². The van der Waals surface area contributed by atoms with Crippen LogP contribution in [0, 0.1) is 11.8 Å². The summed E-state index contributed by atoms with van der Waals surface area (Å²) in [5.74, 6) is 2.14. The molecule has 0 spiro atoms. The van der Waals surface area contributed by atoms with Crippen molar-refractivity contribution in [2.24, 2.45) is 16.8 Å². The van der Waals surface area contributed by atoms with E-state index in [4.69, 9.17) is 9.73 Å². The third-order valence-corrected chi connectivity index (χ3v) is 9.18. The highest BCUT2D eigenvalue weighted by Crippen LogP contribution is 2.51. The smallest absolute Gasteiger partial charge is 0.187 e. The van der Waals surface area contributed by atoms with Gasteiger partial charge in [-0.15, -0.1) is 0 Å². The van der Waals surface area contributed by atoms with Crippen molar-refractivity contribution in [2.45, 2.75) is 51.2 Å². The predicted octanol–water partition coefficient (Wildman–Crippen LogP) is 5.13. The van der Waals surface area contributed by atoms with Crippen molar-refractivity contribution in [3.63, 3.8) is 0 Å². The molecule has 1 saturated carbocycles. The fraction of sp³-hybridized carbons (Fsp3) is 0.458. The normalized spacial score (nSPS) is 26.0. The molecule has 0 aromatic heterocycles. The summed E-state index contributed by atoms with van der Waals surface area (Å²) in [6.45, 7) is 5.33. The first-order chi connectivity index (χ1) is 13.3. The molecule has 2 nitrogen and oxygen atoms in total. The maximum absolute atomic E-state index is 6.18. The molecule has 0 saturated heterocycles. The van der Waals surface area contributed by atoms with Gasteiger partial charge in [-0.1, -0.05) is 87.4 Å². The van der Waals surface area contributed by atoms with Gasteiger partial charge in [0, 0.05) is 5.92 Å². The second kappa shape index (κ2) is 8.57. The number of hydrogen-bond acceptors (Lipinski definition) is 2. The summed E-state index contributed by atoms with van der Waals surface area (Å²) in [5, 5.41) is 2.96. The molecule has 1 aliphatic heterocycles. The van der Waals surface area contributed by atoms with Crippen molar-refractivity contribution in [1.29, 1.82) is 0 Å². The molecule has 2 aliphatic rings. The minimum Gasteiger partial charge on any atom is -0.478 e. The van der Waals surface area contributed by atoms with E-state index in [2.05, 4.69) is 74.5 Å². The van der Waals surface area contributed by atoms with Crippen LogP contribution >= 0.6 is 7.92 Å². The maximum atomic E-state index is 6.18. The van der Waals surface area contributed by atoms with E-state index in [1.807, 2.05) is 0 Å². The van der Waals surface area contributed by atoms with Crippen LogP contribution in [0.1, 0.15) is 39.5 Å². The minimum atomic E-state index is -0.401. The van der Waals surface area contributed by atoms with Crippen molar-refractivity contribution in [3.05, 3.63) is 60.7 Å². The third kappa shape index (κ3) is 3.97. The summed E-state index contributed by atoms with van der Waals surface area (Å²) in [4.78, 5) is 5.07. The highest BCUT2D eigenvalue weighted by atomic mass is 31.1. The quantitative estimate of drug-likeness (QED) is 0.638. The van der Waals surface area contributed by atoms with Gasteiger partial charge in [0.2, 0.25) is 0 Å². The highest BCUT2D eigenvalue weighted by Gasteiger charge is 2.41. The van der Waals surface area contributed by atoms with Crippen molar-refractivity contribution >= 4 is 24.4 Å². The molecule has 0 bridgehead atoms. The van der Waals surface area contributed by atoms with Gasteiger partial charge in [0.05, 0.1) is 6.04 Å². The van der Waals surface area contributed by atoms with Crippen LogP contribution in [-0.4, -0.2) is 24.2 Å². The minimum absolute atomic E-state index is 0.353. The summed E-state index contributed by atoms with van der Waals surface area (Å²) in [7, 11) is -0.401. The van der Waals surface area contributed by atoms with E-state index in [1.54, 1.807) is 0 Å². The number of hydrogen-bond donors (Lipinski definition) is 0. The monoisotopic (exact) mass is 379 g/mol. The zero-order valence-corrected chi connectivity index (χ0v) is 17.3. The zero-order valence-electron chi connectivity index (χ0n) is 16.4. The molecule has 1 fully saturated rings. The summed E-state index contributed by atoms with van der Waals surface area (Å²) in [5.41, 5.74) is 0.624. The van der Waals surface area contributed by atoms with Crippen LogP contribution < -0.4 is 10.6 Å². The summed E-state index contributed by atoms with van der Waals surface area (Å²) >= 11 is 0. The van der Waals surface area contributed by atoms with Gasteiger partial charge in [-0.25, -0.2) is 4.99 Å². The number of benzene rings is 2. The largest absolute Gasteiger partial charge is 0.478 e. The average molecular weight is 379 g/mol. The van der Waals surface area contributed by atoms with Gasteiger partial charge in [0.25, 0.3) is 0 Å². The topological polar surface area (TPSA) is 21.6 Å². The van der Waals surface area contributed by atoms with Crippen molar-refractivity contribution in [1.82, 2.24) is 0 Å². The summed E-state index contributed by atoms with van der Waals surface area (Å²) in [6, 6.07) is 22.6. The van der Waals surface area contributed by atoms with E-state index >= 15 is 0 Å². The maximum Gasteiger partial charge on any atom is 0.187 e. The molecule has 0 radical (unpaired) electrons. The second-order valence-electron chi connectivity index (χ2n) is 7.88. The van der Waals surface area contributed by atoms with Gasteiger partial charge in [-0.3, -0.25) is 0 Å².